The second-order valence-corrected chi connectivity index (χ2v) is 6.57. The van der Waals surface area contributed by atoms with Crippen molar-refractivity contribution >= 4 is 17.5 Å². The molecular weight excluding hydrogens is 252 g/mol. The highest BCUT2D eigenvalue weighted by molar-refractivity contribution is 5.88. The monoisotopic (exact) mass is 278 g/mol. The minimum absolute atomic E-state index is 0.139. The number of anilines is 2. The van der Waals surface area contributed by atoms with Gasteiger partial charge < -0.3 is 10.4 Å². The molecule has 0 aliphatic rings. The number of nitrogens with one attached hydrogen (secondary N) is 1. The fraction of sp³-hybridized carbons (Fsp3) is 0.562. The molecule has 0 unspecified atom stereocenters. The highest BCUT2D eigenvalue weighted by atomic mass is 16.4. The third-order valence-electron chi connectivity index (χ3n) is 3.14. The SMILES string of the molecule is CC(C)CNc1cccc(N(C)C(=O)O)c1C(C)(C)C. The summed E-state index contributed by atoms with van der Waals surface area (Å²) in [6, 6.07) is 5.77. The second-order valence-electron chi connectivity index (χ2n) is 6.57. The largest absolute Gasteiger partial charge is 0.465 e. The Kier molecular flexibility index (Phi) is 5.03. The molecule has 0 spiro atoms. The average Bonchev–Trinajstić information content (AvgIpc) is 2.33. The molecule has 0 aliphatic heterocycles. The predicted octanol–water partition coefficient (Wildman–Crippen LogP) is 4.17. The Hall–Kier alpha value is -1.71. The van der Waals surface area contributed by atoms with Gasteiger partial charge in [-0.2, -0.15) is 0 Å². The van der Waals surface area contributed by atoms with E-state index in [0.29, 0.717) is 5.92 Å². The molecule has 1 aromatic carbocycles. The molecule has 2 N–H and O–H groups in total. The Bertz CT molecular complexity index is 476. The molecule has 1 amide bonds. The number of carbonyl (C=O) groups is 1. The summed E-state index contributed by atoms with van der Waals surface area (Å²) in [7, 11) is 1.58. The van der Waals surface area contributed by atoms with Gasteiger partial charge in [-0.25, -0.2) is 4.79 Å². The van der Waals surface area contributed by atoms with Crippen LogP contribution in [0.4, 0.5) is 16.2 Å². The molecule has 1 rings (SSSR count). The topological polar surface area (TPSA) is 52.6 Å². The van der Waals surface area contributed by atoms with Gasteiger partial charge in [-0.15, -0.1) is 0 Å². The molecule has 0 fully saturated rings. The molecule has 0 aromatic heterocycles. The highest BCUT2D eigenvalue weighted by Gasteiger charge is 2.25. The lowest BCUT2D eigenvalue weighted by Gasteiger charge is -2.29. The molecule has 112 valence electrons. The first-order valence-corrected chi connectivity index (χ1v) is 6.98. The van der Waals surface area contributed by atoms with Crippen LogP contribution < -0.4 is 10.2 Å². The van der Waals surface area contributed by atoms with Gasteiger partial charge >= 0.3 is 6.09 Å². The number of benzene rings is 1. The molecule has 0 atom stereocenters. The maximum Gasteiger partial charge on any atom is 0.411 e. The van der Waals surface area contributed by atoms with Crippen molar-refractivity contribution in [3.8, 4) is 0 Å². The maximum absolute atomic E-state index is 11.3. The van der Waals surface area contributed by atoms with Crippen LogP contribution in [0.15, 0.2) is 18.2 Å². The van der Waals surface area contributed by atoms with Crippen molar-refractivity contribution in [1.29, 1.82) is 0 Å². The molecule has 0 saturated carbocycles. The molecule has 4 heteroatoms. The van der Waals surface area contributed by atoms with Gasteiger partial charge in [-0.1, -0.05) is 40.7 Å². The first-order chi connectivity index (χ1) is 9.14. The van der Waals surface area contributed by atoms with E-state index in [9.17, 15) is 9.90 Å². The fourth-order valence-electron chi connectivity index (χ4n) is 2.17. The van der Waals surface area contributed by atoms with E-state index in [4.69, 9.17) is 0 Å². The number of nitrogens with zero attached hydrogens (tertiary/aromatic N) is 1. The summed E-state index contributed by atoms with van der Waals surface area (Å²) in [6.45, 7) is 11.5. The average molecular weight is 278 g/mol. The van der Waals surface area contributed by atoms with Crippen LogP contribution in [0.1, 0.15) is 40.2 Å². The number of amides is 1. The van der Waals surface area contributed by atoms with Gasteiger partial charge in [0.25, 0.3) is 0 Å². The minimum Gasteiger partial charge on any atom is -0.465 e. The first-order valence-electron chi connectivity index (χ1n) is 6.98. The molecule has 1 aromatic rings. The van der Waals surface area contributed by atoms with Crippen molar-refractivity contribution in [2.75, 3.05) is 23.8 Å². The summed E-state index contributed by atoms with van der Waals surface area (Å²) >= 11 is 0. The standard InChI is InChI=1S/C16H26N2O2/c1-11(2)10-17-12-8-7-9-13(18(6)15(19)20)14(12)16(3,4)5/h7-9,11,17H,10H2,1-6H3,(H,19,20). The van der Waals surface area contributed by atoms with E-state index in [-0.39, 0.29) is 5.41 Å². The number of rotatable bonds is 4. The molecule has 0 heterocycles. The van der Waals surface area contributed by atoms with Gasteiger partial charge in [-0.3, -0.25) is 4.90 Å². The molecule has 0 saturated heterocycles. The van der Waals surface area contributed by atoms with Crippen molar-refractivity contribution in [2.45, 2.75) is 40.0 Å². The lowest BCUT2D eigenvalue weighted by molar-refractivity contribution is 0.203. The van der Waals surface area contributed by atoms with Gasteiger partial charge in [0.1, 0.15) is 0 Å². The first kappa shape index (κ1) is 16.3. The zero-order valence-corrected chi connectivity index (χ0v) is 13.3. The van der Waals surface area contributed by atoms with Gasteiger partial charge in [0.15, 0.2) is 0 Å². The van der Waals surface area contributed by atoms with Crippen molar-refractivity contribution in [2.24, 2.45) is 5.92 Å². The fourth-order valence-corrected chi connectivity index (χ4v) is 2.17. The maximum atomic E-state index is 11.3. The highest BCUT2D eigenvalue weighted by Crippen LogP contribution is 2.37. The molecule has 0 bridgehead atoms. The molecule has 0 radical (unpaired) electrons. The van der Waals surface area contributed by atoms with Gasteiger partial charge in [0.05, 0.1) is 5.69 Å². The van der Waals surface area contributed by atoms with Crippen LogP contribution in [0.3, 0.4) is 0 Å². The summed E-state index contributed by atoms with van der Waals surface area (Å²) in [6.07, 6.45) is -0.948. The molecule has 4 nitrogen and oxygen atoms in total. The van der Waals surface area contributed by atoms with E-state index in [1.807, 2.05) is 18.2 Å². The molecule has 0 aliphatic carbocycles. The number of hydrogen-bond donors (Lipinski definition) is 2. The normalized spacial score (nSPS) is 11.6. The van der Waals surface area contributed by atoms with Crippen molar-refractivity contribution in [3.63, 3.8) is 0 Å². The number of carboxylic acid groups (broad SMARTS) is 1. The van der Waals surface area contributed by atoms with Crippen LogP contribution in [-0.4, -0.2) is 24.8 Å². The number of hydrogen-bond acceptors (Lipinski definition) is 2. The Morgan fingerprint density at radius 1 is 1.35 bits per heavy atom. The Morgan fingerprint density at radius 3 is 2.40 bits per heavy atom. The van der Waals surface area contributed by atoms with Crippen molar-refractivity contribution < 1.29 is 9.90 Å². The summed E-state index contributed by atoms with van der Waals surface area (Å²) < 4.78 is 0. The lowest BCUT2D eigenvalue weighted by atomic mass is 9.84. The third-order valence-corrected chi connectivity index (χ3v) is 3.14. The van der Waals surface area contributed by atoms with Gasteiger partial charge in [0, 0.05) is 24.8 Å². The molecule has 20 heavy (non-hydrogen) atoms. The predicted molar refractivity (Wildman–Crippen MR) is 84.9 cm³/mol. The summed E-state index contributed by atoms with van der Waals surface area (Å²) in [4.78, 5) is 12.5. The zero-order chi connectivity index (χ0) is 15.5. The van der Waals surface area contributed by atoms with E-state index in [2.05, 4.69) is 39.9 Å². The van der Waals surface area contributed by atoms with Crippen LogP contribution in [0.25, 0.3) is 0 Å². The minimum atomic E-state index is -0.948. The van der Waals surface area contributed by atoms with Gasteiger partial charge in [-0.05, 0) is 23.5 Å². The van der Waals surface area contributed by atoms with E-state index in [1.54, 1.807) is 7.05 Å². The quantitative estimate of drug-likeness (QED) is 0.869. The van der Waals surface area contributed by atoms with Crippen LogP contribution in [0.5, 0.6) is 0 Å². The van der Waals surface area contributed by atoms with E-state index < -0.39 is 6.09 Å². The van der Waals surface area contributed by atoms with Gasteiger partial charge in [0.2, 0.25) is 0 Å². The van der Waals surface area contributed by atoms with Crippen LogP contribution in [-0.2, 0) is 5.41 Å². The van der Waals surface area contributed by atoms with Crippen LogP contribution in [0, 0.1) is 5.92 Å². The summed E-state index contributed by atoms with van der Waals surface area (Å²) in [5, 5.41) is 12.7. The van der Waals surface area contributed by atoms with Crippen molar-refractivity contribution in [3.05, 3.63) is 23.8 Å². The Balaban J connectivity index is 3.31. The Morgan fingerprint density at radius 2 is 1.95 bits per heavy atom. The second kappa shape index (κ2) is 6.16. The summed E-state index contributed by atoms with van der Waals surface area (Å²) in [5.74, 6) is 0.531. The van der Waals surface area contributed by atoms with E-state index >= 15 is 0 Å². The third kappa shape index (κ3) is 3.89. The van der Waals surface area contributed by atoms with Crippen LogP contribution >= 0.6 is 0 Å². The van der Waals surface area contributed by atoms with Crippen LogP contribution in [0.2, 0.25) is 0 Å². The van der Waals surface area contributed by atoms with E-state index in [1.165, 1.54) is 4.90 Å². The lowest BCUT2D eigenvalue weighted by Crippen LogP contribution is -2.28. The zero-order valence-electron chi connectivity index (χ0n) is 13.3. The van der Waals surface area contributed by atoms with Crippen molar-refractivity contribution in [1.82, 2.24) is 0 Å². The molecular formula is C16H26N2O2. The summed E-state index contributed by atoms with van der Waals surface area (Å²) in [5.41, 5.74) is 2.64. The van der Waals surface area contributed by atoms with E-state index in [0.717, 1.165) is 23.5 Å². The smallest absolute Gasteiger partial charge is 0.411 e. The Labute approximate surface area is 121 Å².